The van der Waals surface area contributed by atoms with Gasteiger partial charge >= 0.3 is 6.09 Å². The SMILES string of the molecule is Cc1ccc(C(C(=O)NCc2ccccc2)N(C(=O)C(CCC(N)=O)NC(=O)OC(C)(C)C)C2CC2C)c(C)c1. The zero-order valence-corrected chi connectivity index (χ0v) is 24.3. The van der Waals surface area contributed by atoms with Gasteiger partial charge in [0.1, 0.15) is 17.7 Å². The molecule has 1 saturated carbocycles. The van der Waals surface area contributed by atoms with Gasteiger partial charge in [-0.1, -0.05) is 61.0 Å². The zero-order chi connectivity index (χ0) is 29.6. The normalized spacial score (nSPS) is 17.8. The Balaban J connectivity index is 2.01. The third kappa shape index (κ3) is 8.56. The molecule has 0 heterocycles. The van der Waals surface area contributed by atoms with Crippen LogP contribution in [0.2, 0.25) is 0 Å². The molecule has 3 rings (SSSR count). The lowest BCUT2D eigenvalue weighted by molar-refractivity contribution is -0.143. The number of benzene rings is 2. The van der Waals surface area contributed by atoms with Crippen LogP contribution in [0.25, 0.3) is 0 Å². The molecule has 0 saturated heterocycles. The molecule has 0 radical (unpaired) electrons. The van der Waals surface area contributed by atoms with E-state index in [4.69, 9.17) is 10.5 Å². The number of primary amides is 1. The molecule has 4 unspecified atom stereocenters. The van der Waals surface area contributed by atoms with Crippen molar-refractivity contribution < 1.29 is 23.9 Å². The summed E-state index contributed by atoms with van der Waals surface area (Å²) in [5.41, 5.74) is 8.16. The summed E-state index contributed by atoms with van der Waals surface area (Å²) in [5, 5.41) is 5.66. The number of nitrogens with zero attached hydrogens (tertiary/aromatic N) is 1. The number of aryl methyl sites for hydroxylation is 2. The van der Waals surface area contributed by atoms with E-state index in [-0.39, 0.29) is 30.7 Å². The van der Waals surface area contributed by atoms with Gasteiger partial charge in [-0.2, -0.15) is 0 Å². The first-order chi connectivity index (χ1) is 18.8. The van der Waals surface area contributed by atoms with Gasteiger partial charge in [-0.05, 0) is 70.1 Å². The second-order valence-electron chi connectivity index (χ2n) is 11.7. The Hall–Kier alpha value is -3.88. The first-order valence-electron chi connectivity index (χ1n) is 13.8. The summed E-state index contributed by atoms with van der Waals surface area (Å²) in [4.78, 5) is 54.2. The van der Waals surface area contributed by atoms with Crippen LogP contribution in [0.1, 0.15) is 75.3 Å². The maximum atomic E-state index is 14.3. The van der Waals surface area contributed by atoms with E-state index in [1.807, 2.05) is 69.3 Å². The summed E-state index contributed by atoms with van der Waals surface area (Å²) in [6.45, 7) is 11.4. The molecule has 0 aliphatic heterocycles. The highest BCUT2D eigenvalue weighted by Crippen LogP contribution is 2.41. The number of hydrogen-bond donors (Lipinski definition) is 3. The van der Waals surface area contributed by atoms with Crippen molar-refractivity contribution in [2.75, 3.05) is 0 Å². The van der Waals surface area contributed by atoms with Gasteiger partial charge in [-0.15, -0.1) is 0 Å². The molecule has 4 atom stereocenters. The molecule has 1 aliphatic rings. The number of nitrogens with two attached hydrogens (primary N) is 1. The van der Waals surface area contributed by atoms with Crippen molar-refractivity contribution in [3.8, 4) is 0 Å². The minimum atomic E-state index is -1.11. The van der Waals surface area contributed by atoms with Gasteiger partial charge in [0.2, 0.25) is 17.7 Å². The van der Waals surface area contributed by atoms with Crippen LogP contribution in [-0.4, -0.2) is 46.4 Å². The number of hydrogen-bond acceptors (Lipinski definition) is 5. The fraction of sp³-hybridized carbons (Fsp3) is 0.484. The predicted molar refractivity (Wildman–Crippen MR) is 153 cm³/mol. The highest BCUT2D eigenvalue weighted by Gasteiger charge is 2.48. The first-order valence-corrected chi connectivity index (χ1v) is 13.8. The summed E-state index contributed by atoms with van der Waals surface area (Å²) in [5.74, 6) is -1.21. The van der Waals surface area contributed by atoms with Crippen LogP contribution in [-0.2, 0) is 25.7 Å². The third-order valence-corrected chi connectivity index (χ3v) is 6.90. The minimum absolute atomic E-state index is 0.0176. The van der Waals surface area contributed by atoms with Crippen molar-refractivity contribution in [1.29, 1.82) is 0 Å². The predicted octanol–water partition coefficient (Wildman–Crippen LogP) is 4.06. The average Bonchev–Trinajstić information content (AvgIpc) is 3.58. The summed E-state index contributed by atoms with van der Waals surface area (Å²) in [6, 6.07) is 13.1. The second-order valence-corrected chi connectivity index (χ2v) is 11.7. The van der Waals surface area contributed by atoms with E-state index in [9.17, 15) is 19.2 Å². The fourth-order valence-electron chi connectivity index (χ4n) is 4.78. The highest BCUT2D eigenvalue weighted by molar-refractivity contribution is 5.93. The number of carbonyl (C=O) groups is 4. The monoisotopic (exact) mass is 550 g/mol. The van der Waals surface area contributed by atoms with Crippen LogP contribution >= 0.6 is 0 Å². The number of ether oxygens (including phenoxy) is 1. The van der Waals surface area contributed by atoms with Crippen LogP contribution in [0, 0.1) is 19.8 Å². The zero-order valence-electron chi connectivity index (χ0n) is 24.3. The Morgan fingerprint density at radius 2 is 1.73 bits per heavy atom. The standard InChI is InChI=1S/C31H42N4O5/c1-19-12-13-23(20(2)16-19)27(28(37)33-18-22-10-8-7-9-11-22)35(25-17-21(25)3)29(38)24(14-15-26(32)36)34-30(39)40-31(4,5)6/h7-13,16,21,24-25,27H,14-15,17-18H2,1-6H3,(H2,32,36)(H,33,37)(H,34,39). The second kappa shape index (κ2) is 13.0. The molecule has 0 bridgehead atoms. The Kier molecular flexibility index (Phi) is 9.95. The molecular weight excluding hydrogens is 508 g/mol. The van der Waals surface area contributed by atoms with Gasteiger partial charge < -0.3 is 26.0 Å². The van der Waals surface area contributed by atoms with E-state index in [0.717, 1.165) is 16.7 Å². The van der Waals surface area contributed by atoms with Crippen LogP contribution in [0.5, 0.6) is 0 Å². The maximum absolute atomic E-state index is 14.3. The van der Waals surface area contributed by atoms with Crippen molar-refractivity contribution in [2.45, 2.75) is 91.1 Å². The molecule has 216 valence electrons. The van der Waals surface area contributed by atoms with E-state index >= 15 is 0 Å². The van der Waals surface area contributed by atoms with Crippen molar-refractivity contribution in [3.63, 3.8) is 0 Å². The summed E-state index contributed by atoms with van der Waals surface area (Å²) in [6.07, 6.45) is -0.199. The third-order valence-electron chi connectivity index (χ3n) is 6.90. The molecule has 9 heteroatoms. The van der Waals surface area contributed by atoms with Gasteiger partial charge in [0, 0.05) is 19.0 Å². The van der Waals surface area contributed by atoms with E-state index in [1.54, 1.807) is 25.7 Å². The van der Waals surface area contributed by atoms with Gasteiger partial charge in [0.15, 0.2) is 0 Å². The number of rotatable bonds is 11. The first kappa shape index (κ1) is 30.7. The van der Waals surface area contributed by atoms with E-state index in [1.165, 1.54) is 0 Å². The topological polar surface area (TPSA) is 131 Å². The van der Waals surface area contributed by atoms with Crippen LogP contribution in [0.4, 0.5) is 4.79 Å². The Morgan fingerprint density at radius 3 is 2.27 bits per heavy atom. The molecule has 4 amide bonds. The molecule has 2 aromatic rings. The van der Waals surface area contributed by atoms with Gasteiger partial charge in [-0.3, -0.25) is 14.4 Å². The smallest absolute Gasteiger partial charge is 0.408 e. The van der Waals surface area contributed by atoms with Gasteiger partial charge in [-0.25, -0.2) is 4.79 Å². The fourth-order valence-corrected chi connectivity index (χ4v) is 4.78. The largest absolute Gasteiger partial charge is 0.444 e. The van der Waals surface area contributed by atoms with Crippen molar-refractivity contribution >= 4 is 23.8 Å². The molecule has 0 spiro atoms. The van der Waals surface area contributed by atoms with Gasteiger partial charge in [0.05, 0.1) is 0 Å². The molecule has 0 aromatic heterocycles. The van der Waals surface area contributed by atoms with Crippen molar-refractivity contribution in [1.82, 2.24) is 15.5 Å². The quantitative estimate of drug-likeness (QED) is 0.388. The number of alkyl carbamates (subject to hydrolysis) is 1. The molecule has 2 aromatic carbocycles. The maximum Gasteiger partial charge on any atom is 0.408 e. The van der Waals surface area contributed by atoms with E-state index in [0.29, 0.717) is 18.5 Å². The van der Waals surface area contributed by atoms with Crippen molar-refractivity contribution in [2.24, 2.45) is 11.7 Å². The lowest BCUT2D eigenvalue weighted by Gasteiger charge is -2.35. The molecule has 9 nitrogen and oxygen atoms in total. The molecule has 1 aliphatic carbocycles. The summed E-state index contributed by atoms with van der Waals surface area (Å²) < 4.78 is 5.40. The lowest BCUT2D eigenvalue weighted by Crippen LogP contribution is -2.54. The molecule has 1 fully saturated rings. The molecule has 4 N–H and O–H groups in total. The number of nitrogens with one attached hydrogen (secondary N) is 2. The average molecular weight is 551 g/mol. The summed E-state index contributed by atoms with van der Waals surface area (Å²) in [7, 11) is 0. The van der Waals surface area contributed by atoms with E-state index in [2.05, 4.69) is 10.6 Å². The Morgan fingerprint density at radius 1 is 1.07 bits per heavy atom. The van der Waals surface area contributed by atoms with Gasteiger partial charge in [0.25, 0.3) is 0 Å². The molecule has 40 heavy (non-hydrogen) atoms. The minimum Gasteiger partial charge on any atom is -0.444 e. The van der Waals surface area contributed by atoms with E-state index < -0.39 is 35.6 Å². The Bertz CT molecular complexity index is 1220. The number of amides is 4. The van der Waals surface area contributed by atoms with Crippen LogP contribution < -0.4 is 16.4 Å². The molecular formula is C31H42N4O5. The van der Waals surface area contributed by atoms with Crippen LogP contribution in [0.3, 0.4) is 0 Å². The summed E-state index contributed by atoms with van der Waals surface area (Å²) >= 11 is 0. The Labute approximate surface area is 236 Å². The highest BCUT2D eigenvalue weighted by atomic mass is 16.6. The van der Waals surface area contributed by atoms with Crippen LogP contribution in [0.15, 0.2) is 48.5 Å². The number of carbonyl (C=O) groups excluding carboxylic acids is 4. The van der Waals surface area contributed by atoms with Crippen molar-refractivity contribution in [3.05, 3.63) is 70.8 Å². The lowest BCUT2D eigenvalue weighted by atomic mass is 9.95.